The van der Waals surface area contributed by atoms with Crippen LogP contribution in [0, 0.1) is 20.8 Å². The predicted molar refractivity (Wildman–Crippen MR) is 150 cm³/mol. The topological polar surface area (TPSA) is 98.9 Å². The second-order valence-corrected chi connectivity index (χ2v) is 10.7. The third-order valence-electron chi connectivity index (χ3n) is 7.06. The first kappa shape index (κ1) is 26.6. The van der Waals surface area contributed by atoms with Crippen LogP contribution < -0.4 is 15.1 Å². The maximum atomic E-state index is 13.9. The molecular formula is C30H30N2O6S. The average Bonchev–Trinajstić information content (AvgIpc) is 3.45. The first-order chi connectivity index (χ1) is 18.7. The zero-order chi connectivity index (χ0) is 27.8. The number of methoxy groups -OCH3 is 1. The number of hydrogen-bond donors (Lipinski definition) is 0. The van der Waals surface area contributed by atoms with Crippen LogP contribution in [0.2, 0.25) is 0 Å². The minimum Gasteiger partial charge on any atom is -0.494 e. The number of nitrogens with zero attached hydrogens (tertiary/aromatic N) is 2. The van der Waals surface area contributed by atoms with E-state index < -0.39 is 17.9 Å². The van der Waals surface area contributed by atoms with Gasteiger partial charge in [-0.2, -0.15) is 0 Å². The Morgan fingerprint density at radius 3 is 2.49 bits per heavy atom. The van der Waals surface area contributed by atoms with Gasteiger partial charge in [0.2, 0.25) is 5.76 Å². The highest BCUT2D eigenvalue weighted by atomic mass is 32.1. The second kappa shape index (κ2) is 10.6. The number of carbonyl (C=O) groups is 2. The number of fused-ring (bicyclic) bond motifs is 2. The SMILES string of the molecule is CCCCCOc1ccc(C2c3c(oc4cc(C)c(C)cc4c3=O)C(=O)N2c2nc(C)c(C(=O)OC)s2)cc1. The van der Waals surface area contributed by atoms with E-state index in [0.29, 0.717) is 39.5 Å². The molecule has 39 heavy (non-hydrogen) atoms. The summed E-state index contributed by atoms with van der Waals surface area (Å²) in [6, 6.07) is 10.2. The molecule has 0 saturated heterocycles. The molecule has 4 aromatic rings. The summed E-state index contributed by atoms with van der Waals surface area (Å²) in [5.74, 6) is -0.335. The summed E-state index contributed by atoms with van der Waals surface area (Å²) in [7, 11) is 1.30. The fourth-order valence-electron chi connectivity index (χ4n) is 4.80. The zero-order valence-electron chi connectivity index (χ0n) is 22.6. The summed E-state index contributed by atoms with van der Waals surface area (Å²) in [6.07, 6.45) is 3.17. The van der Waals surface area contributed by atoms with Gasteiger partial charge < -0.3 is 13.9 Å². The Labute approximate surface area is 230 Å². The summed E-state index contributed by atoms with van der Waals surface area (Å²) < 4.78 is 16.9. The zero-order valence-corrected chi connectivity index (χ0v) is 23.4. The third-order valence-corrected chi connectivity index (χ3v) is 8.20. The van der Waals surface area contributed by atoms with Crippen LogP contribution in [-0.4, -0.2) is 30.6 Å². The van der Waals surface area contributed by atoms with Crippen molar-refractivity contribution >= 4 is 39.3 Å². The van der Waals surface area contributed by atoms with Gasteiger partial charge in [0, 0.05) is 0 Å². The highest BCUT2D eigenvalue weighted by Crippen LogP contribution is 2.43. The van der Waals surface area contributed by atoms with Crippen molar-refractivity contribution < 1.29 is 23.5 Å². The molecule has 9 heteroatoms. The molecule has 2 aromatic carbocycles. The second-order valence-electron chi connectivity index (χ2n) is 9.71. The van der Waals surface area contributed by atoms with Crippen LogP contribution in [0.3, 0.4) is 0 Å². The van der Waals surface area contributed by atoms with Gasteiger partial charge in [-0.1, -0.05) is 43.2 Å². The molecule has 8 nitrogen and oxygen atoms in total. The standard InChI is InChI=1S/C30H30N2O6S/c1-6-7-8-13-37-20-11-9-19(10-12-20)24-23-25(33)21-14-16(2)17(3)15-22(21)38-26(23)28(34)32(24)30-31-18(4)27(39-30)29(35)36-5/h9-12,14-15,24H,6-8,13H2,1-5H3. The number of aromatic nitrogens is 1. The molecule has 3 heterocycles. The van der Waals surface area contributed by atoms with E-state index in [1.807, 2.05) is 38.1 Å². The number of amides is 1. The number of aryl methyl sites for hydroxylation is 3. The van der Waals surface area contributed by atoms with Crippen LogP contribution in [-0.2, 0) is 4.74 Å². The summed E-state index contributed by atoms with van der Waals surface area (Å²) in [5, 5.41) is 0.697. The number of hydrogen-bond acceptors (Lipinski definition) is 8. The van der Waals surface area contributed by atoms with Gasteiger partial charge in [0.05, 0.1) is 36.4 Å². The summed E-state index contributed by atoms with van der Waals surface area (Å²) >= 11 is 1.05. The normalized spacial score (nSPS) is 14.6. The summed E-state index contributed by atoms with van der Waals surface area (Å²) in [5.41, 5.74) is 3.39. The molecule has 0 radical (unpaired) electrons. The lowest BCUT2D eigenvalue weighted by Crippen LogP contribution is -2.29. The monoisotopic (exact) mass is 546 g/mol. The predicted octanol–water partition coefficient (Wildman–Crippen LogP) is 6.28. The van der Waals surface area contributed by atoms with Gasteiger partial charge in [0.1, 0.15) is 16.2 Å². The van der Waals surface area contributed by atoms with E-state index in [9.17, 15) is 14.4 Å². The van der Waals surface area contributed by atoms with Gasteiger partial charge in [-0.05, 0) is 68.1 Å². The van der Waals surface area contributed by atoms with Crippen molar-refractivity contribution in [3.05, 3.63) is 85.2 Å². The van der Waals surface area contributed by atoms with Crippen molar-refractivity contribution in [1.82, 2.24) is 4.98 Å². The van der Waals surface area contributed by atoms with E-state index in [2.05, 4.69) is 11.9 Å². The van der Waals surface area contributed by atoms with E-state index in [1.165, 1.54) is 12.0 Å². The molecule has 0 fully saturated rings. The van der Waals surface area contributed by atoms with Crippen LogP contribution >= 0.6 is 11.3 Å². The number of rotatable bonds is 8. The van der Waals surface area contributed by atoms with E-state index in [-0.39, 0.29) is 21.9 Å². The number of anilines is 1. The first-order valence-corrected chi connectivity index (χ1v) is 13.8. The fraction of sp³-hybridized carbons (Fsp3) is 0.333. The molecule has 202 valence electrons. The molecule has 1 atom stereocenters. The molecular weight excluding hydrogens is 516 g/mol. The molecule has 1 amide bonds. The molecule has 5 rings (SSSR count). The van der Waals surface area contributed by atoms with Crippen molar-refractivity contribution in [3.63, 3.8) is 0 Å². The number of benzene rings is 2. The van der Waals surface area contributed by atoms with Gasteiger partial charge in [-0.3, -0.25) is 14.5 Å². The highest BCUT2D eigenvalue weighted by molar-refractivity contribution is 7.17. The smallest absolute Gasteiger partial charge is 0.350 e. The molecule has 0 N–H and O–H groups in total. The van der Waals surface area contributed by atoms with Gasteiger partial charge in [0.15, 0.2) is 10.6 Å². The van der Waals surface area contributed by atoms with Gasteiger partial charge in [-0.15, -0.1) is 0 Å². The number of ether oxygens (including phenoxy) is 2. The number of esters is 1. The molecule has 1 unspecified atom stereocenters. The van der Waals surface area contributed by atoms with Crippen molar-refractivity contribution in [1.29, 1.82) is 0 Å². The Bertz CT molecular complexity index is 1640. The maximum Gasteiger partial charge on any atom is 0.350 e. The van der Waals surface area contributed by atoms with Crippen molar-refractivity contribution in [2.75, 3.05) is 18.6 Å². The minimum absolute atomic E-state index is 0.0203. The van der Waals surface area contributed by atoms with Crippen molar-refractivity contribution in [3.8, 4) is 5.75 Å². The first-order valence-electron chi connectivity index (χ1n) is 12.9. The van der Waals surface area contributed by atoms with E-state index in [0.717, 1.165) is 41.7 Å². The van der Waals surface area contributed by atoms with E-state index in [4.69, 9.17) is 13.9 Å². The molecule has 0 spiro atoms. The fourth-order valence-corrected chi connectivity index (χ4v) is 5.81. The Balaban J connectivity index is 1.65. The van der Waals surface area contributed by atoms with Crippen LogP contribution in [0.4, 0.5) is 5.13 Å². The van der Waals surface area contributed by atoms with Crippen molar-refractivity contribution in [2.45, 2.75) is 53.0 Å². The average molecular weight is 547 g/mol. The Hall–Kier alpha value is -3.98. The molecule has 0 saturated carbocycles. The van der Waals surface area contributed by atoms with Gasteiger partial charge >= 0.3 is 5.97 Å². The van der Waals surface area contributed by atoms with Crippen LogP contribution in [0.15, 0.2) is 45.6 Å². The number of thiazole rings is 1. The summed E-state index contributed by atoms with van der Waals surface area (Å²) in [4.78, 5) is 46.4. The van der Waals surface area contributed by atoms with Crippen LogP contribution in [0.1, 0.15) is 80.4 Å². The Morgan fingerprint density at radius 1 is 1.08 bits per heavy atom. The Morgan fingerprint density at radius 2 is 1.79 bits per heavy atom. The van der Waals surface area contributed by atoms with Crippen molar-refractivity contribution in [2.24, 2.45) is 0 Å². The molecule has 1 aliphatic rings. The van der Waals surface area contributed by atoms with E-state index in [1.54, 1.807) is 19.1 Å². The molecule has 0 aliphatic carbocycles. The molecule has 2 aromatic heterocycles. The van der Waals surface area contributed by atoms with Crippen LogP contribution in [0.25, 0.3) is 11.0 Å². The number of unbranched alkanes of at least 4 members (excludes halogenated alkanes) is 2. The third kappa shape index (κ3) is 4.71. The Kier molecular flexibility index (Phi) is 7.27. The largest absolute Gasteiger partial charge is 0.494 e. The quantitative estimate of drug-likeness (QED) is 0.189. The maximum absolute atomic E-state index is 13.9. The van der Waals surface area contributed by atoms with Crippen LogP contribution in [0.5, 0.6) is 5.75 Å². The lowest BCUT2D eigenvalue weighted by molar-refractivity contribution is 0.0605. The number of carbonyl (C=O) groups excluding carboxylic acids is 2. The molecule has 1 aliphatic heterocycles. The van der Waals surface area contributed by atoms with Gasteiger partial charge in [-0.25, -0.2) is 9.78 Å². The molecule has 0 bridgehead atoms. The highest BCUT2D eigenvalue weighted by Gasteiger charge is 2.45. The lowest BCUT2D eigenvalue weighted by atomic mass is 9.97. The van der Waals surface area contributed by atoms with Gasteiger partial charge in [0.25, 0.3) is 5.91 Å². The summed E-state index contributed by atoms with van der Waals surface area (Å²) in [6.45, 7) is 8.30. The lowest BCUT2D eigenvalue weighted by Gasteiger charge is -2.22. The minimum atomic E-state index is -0.792. The van der Waals surface area contributed by atoms with E-state index >= 15 is 0 Å².